The Hall–Kier alpha value is -4.40. The second-order valence-electron chi connectivity index (χ2n) is 9.76. The largest absolute Gasteiger partial charge is 0.508 e. The first-order valence-corrected chi connectivity index (χ1v) is 13.3. The van der Waals surface area contributed by atoms with Gasteiger partial charge in [0.1, 0.15) is 23.9 Å². The van der Waals surface area contributed by atoms with E-state index in [1.54, 1.807) is 6.92 Å². The van der Waals surface area contributed by atoms with Crippen LogP contribution in [0.25, 0.3) is 0 Å². The number of nitrogens with zero attached hydrogens (tertiary/aromatic N) is 1. The first-order valence-electron chi connectivity index (χ1n) is 13.3. The van der Waals surface area contributed by atoms with Crippen LogP contribution in [0.15, 0.2) is 29.3 Å². The maximum atomic E-state index is 13.3. The van der Waals surface area contributed by atoms with Crippen LogP contribution in [0.4, 0.5) is 0 Å². The second-order valence-corrected chi connectivity index (χ2v) is 9.76. The van der Waals surface area contributed by atoms with Gasteiger partial charge in [-0.25, -0.2) is 4.79 Å². The summed E-state index contributed by atoms with van der Waals surface area (Å²) >= 11 is 0. The SMILES string of the molecule is CCC(C)C(NC(=O)C(N)CCC(N)=O)C(=O)NC(CCCN=C(N)N)C(=O)NC(Cc1ccc(O)cc1)C(=O)O. The van der Waals surface area contributed by atoms with E-state index in [9.17, 15) is 34.2 Å². The van der Waals surface area contributed by atoms with Gasteiger partial charge < -0.3 is 49.1 Å². The zero-order valence-corrected chi connectivity index (χ0v) is 23.3. The van der Waals surface area contributed by atoms with Crippen molar-refractivity contribution in [2.45, 2.75) is 76.5 Å². The molecule has 1 aromatic carbocycles. The predicted octanol–water partition coefficient (Wildman–Crippen LogP) is -1.83. The zero-order chi connectivity index (χ0) is 31.1. The number of aromatic hydroxyl groups is 1. The van der Waals surface area contributed by atoms with Gasteiger partial charge in [0.2, 0.25) is 23.6 Å². The van der Waals surface area contributed by atoms with Gasteiger partial charge in [0.05, 0.1) is 6.04 Å². The van der Waals surface area contributed by atoms with Gasteiger partial charge in [0.15, 0.2) is 5.96 Å². The number of carboxylic acids is 1. The summed E-state index contributed by atoms with van der Waals surface area (Å²) in [5, 5.41) is 26.8. The van der Waals surface area contributed by atoms with Gasteiger partial charge in [0, 0.05) is 19.4 Å². The molecular weight excluding hydrogens is 536 g/mol. The Morgan fingerprint density at radius 1 is 0.902 bits per heavy atom. The molecule has 0 saturated heterocycles. The number of hydrogen-bond acceptors (Lipinski definition) is 8. The van der Waals surface area contributed by atoms with Gasteiger partial charge in [-0.2, -0.15) is 0 Å². The minimum absolute atomic E-state index is 0.00462. The molecule has 5 atom stereocenters. The fourth-order valence-corrected chi connectivity index (χ4v) is 3.77. The Balaban J connectivity index is 3.10. The summed E-state index contributed by atoms with van der Waals surface area (Å²) in [6, 6.07) is 1.16. The Morgan fingerprint density at radius 2 is 1.51 bits per heavy atom. The predicted molar refractivity (Wildman–Crippen MR) is 151 cm³/mol. The standard InChI is InChI=1S/C26H42N8O7/c1-3-14(2)21(34-22(37)17(27)10-11-20(28)36)24(39)32-18(5-4-12-31-26(29)30)23(38)33-19(25(40)41)13-15-6-8-16(35)9-7-15/h6-9,14,17-19,21,35H,3-5,10-13,27H2,1-2H3,(H2,28,36)(H,32,39)(H,33,38)(H,34,37)(H,40,41)(H4,29,30,31). The molecule has 0 aromatic heterocycles. The number of guanidine groups is 1. The van der Waals surface area contributed by atoms with Crippen molar-refractivity contribution in [2.75, 3.05) is 6.54 Å². The normalized spacial score (nSPS) is 14.4. The van der Waals surface area contributed by atoms with Crippen molar-refractivity contribution >= 4 is 35.6 Å². The van der Waals surface area contributed by atoms with E-state index in [2.05, 4.69) is 20.9 Å². The topological polar surface area (TPSA) is 278 Å². The van der Waals surface area contributed by atoms with E-state index < -0.39 is 53.8 Å². The summed E-state index contributed by atoms with van der Waals surface area (Å²) in [5.41, 5.74) is 22.2. The quantitative estimate of drug-likeness (QED) is 0.0533. The molecule has 13 N–H and O–H groups in total. The van der Waals surface area contributed by atoms with E-state index in [-0.39, 0.29) is 56.3 Å². The molecule has 41 heavy (non-hydrogen) atoms. The molecular formula is C26H42N8O7. The van der Waals surface area contributed by atoms with Crippen LogP contribution in [-0.4, -0.2) is 76.5 Å². The van der Waals surface area contributed by atoms with Crippen molar-refractivity contribution in [1.29, 1.82) is 0 Å². The number of aliphatic imine (C=N–C) groups is 1. The molecule has 0 aliphatic heterocycles. The zero-order valence-electron chi connectivity index (χ0n) is 23.3. The summed E-state index contributed by atoms with van der Waals surface area (Å²) in [6.45, 7) is 3.69. The van der Waals surface area contributed by atoms with Gasteiger partial charge in [0.25, 0.3) is 0 Å². The van der Waals surface area contributed by atoms with Gasteiger partial charge in [-0.15, -0.1) is 0 Å². The van der Waals surface area contributed by atoms with Crippen molar-refractivity contribution < 1.29 is 34.2 Å². The summed E-state index contributed by atoms with van der Waals surface area (Å²) in [6.07, 6.45) is 0.614. The van der Waals surface area contributed by atoms with Crippen molar-refractivity contribution in [3.63, 3.8) is 0 Å². The van der Waals surface area contributed by atoms with E-state index in [1.165, 1.54) is 24.3 Å². The van der Waals surface area contributed by atoms with Gasteiger partial charge in [-0.05, 0) is 42.9 Å². The molecule has 0 aliphatic rings. The first kappa shape index (κ1) is 34.6. The van der Waals surface area contributed by atoms with Crippen LogP contribution in [0.1, 0.15) is 51.5 Å². The molecule has 0 saturated carbocycles. The molecule has 1 aromatic rings. The highest BCUT2D eigenvalue weighted by Crippen LogP contribution is 2.13. The number of phenolic OH excluding ortho intramolecular Hbond substituents is 1. The van der Waals surface area contributed by atoms with Gasteiger partial charge in [-0.1, -0.05) is 32.4 Å². The average Bonchev–Trinajstić information content (AvgIpc) is 2.91. The molecule has 15 heteroatoms. The lowest BCUT2D eigenvalue weighted by Crippen LogP contribution is -2.58. The first-order chi connectivity index (χ1) is 19.2. The monoisotopic (exact) mass is 578 g/mol. The van der Waals surface area contributed by atoms with Crippen LogP contribution in [0, 0.1) is 5.92 Å². The Bertz CT molecular complexity index is 1080. The number of carbonyl (C=O) groups is 5. The van der Waals surface area contributed by atoms with Gasteiger partial charge in [-0.3, -0.25) is 24.2 Å². The second kappa shape index (κ2) is 17.3. The molecule has 0 bridgehead atoms. The van der Waals surface area contributed by atoms with Crippen molar-refractivity contribution in [3.8, 4) is 5.75 Å². The number of phenols is 1. The van der Waals surface area contributed by atoms with Crippen LogP contribution in [0.5, 0.6) is 5.75 Å². The molecule has 0 aliphatic carbocycles. The van der Waals surface area contributed by atoms with Crippen LogP contribution in [-0.2, 0) is 30.4 Å². The highest BCUT2D eigenvalue weighted by Gasteiger charge is 2.32. The lowest BCUT2D eigenvalue weighted by molar-refractivity contribution is -0.142. The van der Waals surface area contributed by atoms with Crippen molar-refractivity contribution in [3.05, 3.63) is 29.8 Å². The van der Waals surface area contributed by atoms with E-state index in [0.717, 1.165) is 0 Å². The molecule has 1 rings (SSSR count). The number of rotatable bonds is 18. The molecule has 4 amide bonds. The highest BCUT2D eigenvalue weighted by atomic mass is 16.4. The van der Waals surface area contributed by atoms with Crippen LogP contribution < -0.4 is 38.9 Å². The van der Waals surface area contributed by atoms with Crippen molar-refractivity contribution in [1.82, 2.24) is 16.0 Å². The van der Waals surface area contributed by atoms with E-state index in [4.69, 9.17) is 22.9 Å². The minimum atomic E-state index is -1.34. The summed E-state index contributed by atoms with van der Waals surface area (Å²) < 4.78 is 0. The van der Waals surface area contributed by atoms with E-state index >= 15 is 0 Å². The van der Waals surface area contributed by atoms with Crippen LogP contribution in [0.2, 0.25) is 0 Å². The molecule has 0 radical (unpaired) electrons. The average molecular weight is 579 g/mol. The number of nitrogens with two attached hydrogens (primary N) is 4. The number of carbonyl (C=O) groups excluding carboxylic acids is 4. The van der Waals surface area contributed by atoms with E-state index in [0.29, 0.717) is 12.0 Å². The lowest BCUT2D eigenvalue weighted by Gasteiger charge is -2.28. The fraction of sp³-hybridized carbons (Fsp3) is 0.538. The molecule has 0 fully saturated rings. The number of hydrogen-bond donors (Lipinski definition) is 9. The number of carboxylic acid groups (broad SMARTS) is 1. The minimum Gasteiger partial charge on any atom is -0.508 e. The summed E-state index contributed by atoms with van der Waals surface area (Å²) in [5.74, 6) is -4.54. The van der Waals surface area contributed by atoms with Gasteiger partial charge >= 0.3 is 5.97 Å². The van der Waals surface area contributed by atoms with Crippen molar-refractivity contribution in [2.24, 2.45) is 33.8 Å². The number of amides is 4. The fourth-order valence-electron chi connectivity index (χ4n) is 3.77. The maximum absolute atomic E-state index is 13.3. The smallest absolute Gasteiger partial charge is 0.326 e. The lowest BCUT2D eigenvalue weighted by atomic mass is 9.96. The third-order valence-corrected chi connectivity index (χ3v) is 6.40. The Kier molecular flexibility index (Phi) is 14.6. The van der Waals surface area contributed by atoms with Crippen LogP contribution in [0.3, 0.4) is 0 Å². The Morgan fingerprint density at radius 3 is 2.05 bits per heavy atom. The number of aliphatic carboxylic acids is 1. The molecule has 5 unspecified atom stereocenters. The summed E-state index contributed by atoms with van der Waals surface area (Å²) in [7, 11) is 0. The Labute approximate surface area is 238 Å². The highest BCUT2D eigenvalue weighted by molar-refractivity contribution is 5.94. The number of benzene rings is 1. The third-order valence-electron chi connectivity index (χ3n) is 6.40. The third kappa shape index (κ3) is 13.0. The molecule has 0 heterocycles. The maximum Gasteiger partial charge on any atom is 0.326 e. The number of primary amides is 1. The van der Waals surface area contributed by atoms with E-state index in [1.807, 2.05) is 6.92 Å². The number of nitrogens with one attached hydrogen (secondary N) is 3. The molecule has 228 valence electrons. The molecule has 0 spiro atoms. The van der Waals surface area contributed by atoms with Crippen LogP contribution >= 0.6 is 0 Å². The molecule has 15 nitrogen and oxygen atoms in total. The summed E-state index contributed by atoms with van der Waals surface area (Å²) in [4.78, 5) is 66.0.